The minimum absolute atomic E-state index is 0.0181. The third kappa shape index (κ3) is 2.37. The monoisotopic (exact) mass is 381 g/mol. The van der Waals surface area contributed by atoms with Crippen molar-refractivity contribution >= 4 is 17.3 Å². The Hall–Kier alpha value is -3.16. The average Bonchev–Trinajstić information content (AvgIpc) is 2.67. The summed E-state index contributed by atoms with van der Waals surface area (Å²) in [5, 5.41) is 21.1. The van der Waals surface area contributed by atoms with Gasteiger partial charge in [-0.05, 0) is 36.5 Å². The van der Waals surface area contributed by atoms with Gasteiger partial charge in [-0.3, -0.25) is 19.7 Å². The maximum Gasteiger partial charge on any atom is 0.308 e. The van der Waals surface area contributed by atoms with Gasteiger partial charge in [-0.2, -0.15) is 0 Å². The number of fused-ring (bicyclic) bond motifs is 8. The highest BCUT2D eigenvalue weighted by atomic mass is 16.6. The van der Waals surface area contributed by atoms with Crippen molar-refractivity contribution in [3.63, 3.8) is 0 Å². The van der Waals surface area contributed by atoms with Crippen LogP contribution < -0.4 is 10.5 Å². The molecule has 28 heavy (non-hydrogen) atoms. The van der Waals surface area contributed by atoms with Gasteiger partial charge in [0.25, 0.3) is 11.2 Å². The number of pyridine rings is 1. The summed E-state index contributed by atoms with van der Waals surface area (Å²) in [6, 6.07) is 9.81. The number of nitro groups is 1. The number of aliphatic carboxylic acids is 1. The number of hydrogen-bond acceptors (Lipinski definition) is 5. The lowest BCUT2D eigenvalue weighted by atomic mass is 9.70. The van der Waals surface area contributed by atoms with Crippen LogP contribution in [0.25, 0.3) is 0 Å². The summed E-state index contributed by atoms with van der Waals surface area (Å²) in [4.78, 5) is 37.3. The van der Waals surface area contributed by atoms with E-state index in [9.17, 15) is 24.8 Å². The Morgan fingerprint density at radius 3 is 2.79 bits per heavy atom. The van der Waals surface area contributed by atoms with Gasteiger partial charge in [0, 0.05) is 54.6 Å². The van der Waals surface area contributed by atoms with Gasteiger partial charge in [0.2, 0.25) is 0 Å². The molecule has 4 atom stereocenters. The van der Waals surface area contributed by atoms with Gasteiger partial charge in [-0.15, -0.1) is 0 Å². The predicted octanol–water partition coefficient (Wildman–Crippen LogP) is 2.01. The third-order valence-corrected chi connectivity index (χ3v) is 6.52. The molecule has 2 bridgehead atoms. The fraction of sp³-hybridized carbons (Fsp3) is 0.400. The SMILES string of the molecule is O=C(O)[C@@H]1Cc2cc([N+](=O)[O-])ccc2N2C[C@H]3C[C@@H](Cn4c3cccc4=O)[C@H]12. The number of anilines is 1. The van der Waals surface area contributed by atoms with Crippen molar-refractivity contribution < 1.29 is 14.8 Å². The van der Waals surface area contributed by atoms with E-state index in [-0.39, 0.29) is 35.5 Å². The molecular weight excluding hydrogens is 362 g/mol. The van der Waals surface area contributed by atoms with Crippen LogP contribution in [-0.4, -0.2) is 33.2 Å². The molecule has 1 saturated heterocycles. The smallest absolute Gasteiger partial charge is 0.308 e. The molecule has 2 aromatic rings. The number of hydrogen-bond donors (Lipinski definition) is 1. The van der Waals surface area contributed by atoms with Gasteiger partial charge in [0.1, 0.15) is 0 Å². The van der Waals surface area contributed by atoms with Crippen molar-refractivity contribution in [3.05, 3.63) is 68.1 Å². The zero-order chi connectivity index (χ0) is 19.6. The number of carboxylic acid groups (broad SMARTS) is 1. The zero-order valence-electron chi connectivity index (χ0n) is 15.0. The van der Waals surface area contributed by atoms with E-state index in [1.54, 1.807) is 22.8 Å². The van der Waals surface area contributed by atoms with Crippen LogP contribution in [0.4, 0.5) is 11.4 Å². The minimum Gasteiger partial charge on any atom is -0.481 e. The molecule has 1 N–H and O–H groups in total. The number of nitrogens with zero attached hydrogens (tertiary/aromatic N) is 3. The van der Waals surface area contributed by atoms with Crippen LogP contribution in [0.1, 0.15) is 23.6 Å². The summed E-state index contributed by atoms with van der Waals surface area (Å²) in [5.74, 6) is -1.35. The summed E-state index contributed by atoms with van der Waals surface area (Å²) < 4.78 is 1.79. The first-order valence-electron chi connectivity index (χ1n) is 9.40. The van der Waals surface area contributed by atoms with Crippen LogP contribution in [-0.2, 0) is 17.8 Å². The zero-order valence-corrected chi connectivity index (χ0v) is 15.0. The molecule has 0 aliphatic carbocycles. The molecule has 4 heterocycles. The Morgan fingerprint density at radius 1 is 1.21 bits per heavy atom. The quantitative estimate of drug-likeness (QED) is 0.630. The number of benzene rings is 1. The van der Waals surface area contributed by atoms with Crippen molar-refractivity contribution in [1.82, 2.24) is 4.57 Å². The largest absolute Gasteiger partial charge is 0.481 e. The molecule has 1 fully saturated rings. The number of piperidine rings is 1. The molecule has 0 unspecified atom stereocenters. The number of non-ortho nitro benzene ring substituents is 1. The van der Waals surface area contributed by atoms with Gasteiger partial charge < -0.3 is 14.6 Å². The van der Waals surface area contributed by atoms with Crippen molar-refractivity contribution in [1.29, 1.82) is 0 Å². The van der Waals surface area contributed by atoms with Crippen LogP contribution in [0, 0.1) is 22.0 Å². The van der Waals surface area contributed by atoms with Crippen molar-refractivity contribution in [2.75, 3.05) is 11.4 Å². The third-order valence-electron chi connectivity index (χ3n) is 6.52. The highest BCUT2D eigenvalue weighted by molar-refractivity contribution is 5.76. The van der Waals surface area contributed by atoms with Crippen LogP contribution in [0.5, 0.6) is 0 Å². The first kappa shape index (κ1) is 17.0. The molecule has 5 rings (SSSR count). The molecule has 3 aliphatic heterocycles. The molecule has 3 aliphatic rings. The molecule has 144 valence electrons. The summed E-state index contributed by atoms with van der Waals surface area (Å²) in [6.07, 6.45) is 1.13. The van der Waals surface area contributed by atoms with E-state index in [0.29, 0.717) is 18.7 Å². The Morgan fingerprint density at radius 2 is 2.04 bits per heavy atom. The number of aromatic nitrogens is 1. The first-order chi connectivity index (χ1) is 13.4. The molecule has 0 saturated carbocycles. The molecular formula is C20H19N3O5. The molecule has 0 spiro atoms. The van der Waals surface area contributed by atoms with Gasteiger partial charge in [-0.25, -0.2) is 0 Å². The Bertz CT molecular complexity index is 1060. The summed E-state index contributed by atoms with van der Waals surface area (Å²) >= 11 is 0. The van der Waals surface area contributed by atoms with Crippen molar-refractivity contribution in [3.8, 4) is 0 Å². The highest BCUT2D eigenvalue weighted by Gasteiger charge is 2.49. The number of nitro benzene ring substituents is 1. The first-order valence-corrected chi connectivity index (χ1v) is 9.40. The lowest BCUT2D eigenvalue weighted by Crippen LogP contribution is -2.60. The highest BCUT2D eigenvalue weighted by Crippen LogP contribution is 2.47. The van der Waals surface area contributed by atoms with E-state index in [0.717, 1.165) is 17.8 Å². The van der Waals surface area contributed by atoms with Crippen LogP contribution >= 0.6 is 0 Å². The lowest BCUT2D eigenvalue weighted by molar-refractivity contribution is -0.384. The average molecular weight is 381 g/mol. The normalized spacial score (nSPS) is 27.4. The van der Waals surface area contributed by atoms with Crippen molar-refractivity contribution in [2.45, 2.75) is 31.3 Å². The Labute approximate surface area is 160 Å². The summed E-state index contributed by atoms with van der Waals surface area (Å²) in [6.45, 7) is 1.12. The topological polar surface area (TPSA) is 106 Å². The molecule has 8 heteroatoms. The fourth-order valence-corrected chi connectivity index (χ4v) is 5.44. The van der Waals surface area contributed by atoms with E-state index in [2.05, 4.69) is 4.90 Å². The maximum absolute atomic E-state index is 12.3. The molecule has 0 radical (unpaired) electrons. The Balaban J connectivity index is 1.64. The van der Waals surface area contributed by atoms with E-state index in [1.165, 1.54) is 12.1 Å². The van der Waals surface area contributed by atoms with Crippen LogP contribution in [0.15, 0.2) is 41.2 Å². The number of carboxylic acids is 1. The standard InChI is InChI=1S/C20H19N3O5/c24-18-3-1-2-16-12-6-13(10-21(16)18)19-15(20(25)26)8-11-7-14(23(27)28)4-5-17(11)22(19)9-12/h1-5,7,12-13,15,19H,6,8-10H2,(H,25,26)/t12-,13+,15-,19-/m1/s1. The van der Waals surface area contributed by atoms with E-state index >= 15 is 0 Å². The van der Waals surface area contributed by atoms with Gasteiger partial charge in [0.05, 0.1) is 10.8 Å². The fourth-order valence-electron chi connectivity index (χ4n) is 5.44. The molecule has 1 aromatic heterocycles. The number of carbonyl (C=O) groups is 1. The predicted molar refractivity (Wildman–Crippen MR) is 101 cm³/mol. The summed E-state index contributed by atoms with van der Waals surface area (Å²) in [5.41, 5.74) is 2.52. The lowest BCUT2D eigenvalue weighted by Gasteiger charge is -2.53. The maximum atomic E-state index is 12.3. The van der Waals surface area contributed by atoms with Crippen LogP contribution in [0.3, 0.4) is 0 Å². The molecule has 8 nitrogen and oxygen atoms in total. The minimum atomic E-state index is -0.892. The number of rotatable bonds is 2. The van der Waals surface area contributed by atoms with Gasteiger partial charge >= 0.3 is 5.97 Å². The van der Waals surface area contributed by atoms with E-state index in [1.807, 2.05) is 6.07 Å². The second-order valence-corrected chi connectivity index (χ2v) is 7.95. The second-order valence-electron chi connectivity index (χ2n) is 7.95. The van der Waals surface area contributed by atoms with Gasteiger partial charge in [-0.1, -0.05) is 6.07 Å². The second kappa shape index (κ2) is 5.92. The Kier molecular flexibility index (Phi) is 3.59. The van der Waals surface area contributed by atoms with E-state index < -0.39 is 16.8 Å². The van der Waals surface area contributed by atoms with Gasteiger partial charge in [0.15, 0.2) is 0 Å². The molecule has 1 aromatic carbocycles. The van der Waals surface area contributed by atoms with Crippen LogP contribution in [0.2, 0.25) is 0 Å². The molecule has 0 amide bonds. The van der Waals surface area contributed by atoms with Crippen molar-refractivity contribution in [2.24, 2.45) is 11.8 Å². The van der Waals surface area contributed by atoms with E-state index in [4.69, 9.17) is 0 Å². The summed E-state index contributed by atoms with van der Waals surface area (Å²) in [7, 11) is 0.